The molecule has 0 bridgehead atoms. The zero-order chi connectivity index (χ0) is 18.2. The molecule has 0 heterocycles. The van der Waals surface area contributed by atoms with Crippen LogP contribution in [0, 0.1) is 5.41 Å². The summed E-state index contributed by atoms with van der Waals surface area (Å²) in [5.74, 6) is 0. The van der Waals surface area contributed by atoms with Crippen molar-refractivity contribution >= 4 is 17.6 Å². The standard InChI is InChI=1S/C24H26N2/c1-24(2)18-20(13-15-25-22-9-5-3-6-10-22)17-21(19-24)14-16-26-23-11-7-4-8-12-23/h3-17,25H,18-19H2,1-2H3/b15-13+,21-14+,26-16?. The van der Waals surface area contributed by atoms with Gasteiger partial charge in [-0.3, -0.25) is 4.99 Å². The Labute approximate surface area is 156 Å². The van der Waals surface area contributed by atoms with Gasteiger partial charge in [-0.2, -0.15) is 0 Å². The van der Waals surface area contributed by atoms with Crippen LogP contribution in [-0.4, -0.2) is 6.21 Å². The molecule has 3 rings (SSSR count). The predicted octanol–water partition coefficient (Wildman–Crippen LogP) is 6.69. The number of aliphatic imine (C=N–C) groups is 1. The van der Waals surface area contributed by atoms with Crippen LogP contribution in [0.2, 0.25) is 0 Å². The van der Waals surface area contributed by atoms with Crippen molar-refractivity contribution in [2.75, 3.05) is 5.32 Å². The maximum Gasteiger partial charge on any atom is 0.0629 e. The number of nitrogens with one attached hydrogen (secondary N) is 1. The third-order valence-electron chi connectivity index (χ3n) is 4.33. The molecule has 1 aliphatic rings. The smallest absolute Gasteiger partial charge is 0.0629 e. The van der Waals surface area contributed by atoms with Crippen LogP contribution >= 0.6 is 0 Å². The van der Waals surface area contributed by atoms with E-state index in [1.54, 1.807) is 0 Å². The lowest BCUT2D eigenvalue weighted by Gasteiger charge is -2.30. The molecule has 0 atom stereocenters. The largest absolute Gasteiger partial charge is 0.362 e. The first-order chi connectivity index (χ1) is 12.6. The van der Waals surface area contributed by atoms with Gasteiger partial charge >= 0.3 is 0 Å². The fourth-order valence-electron chi connectivity index (χ4n) is 3.23. The average Bonchev–Trinajstić information content (AvgIpc) is 2.62. The quantitative estimate of drug-likeness (QED) is 0.602. The maximum atomic E-state index is 4.51. The summed E-state index contributed by atoms with van der Waals surface area (Å²) in [7, 11) is 0. The Hall–Kier alpha value is -2.87. The molecule has 26 heavy (non-hydrogen) atoms. The Morgan fingerprint density at radius 3 is 2.35 bits per heavy atom. The fraction of sp³-hybridized carbons (Fsp3) is 0.208. The highest BCUT2D eigenvalue weighted by Crippen LogP contribution is 2.38. The minimum atomic E-state index is 0.258. The van der Waals surface area contributed by atoms with E-state index in [1.807, 2.05) is 60.9 Å². The van der Waals surface area contributed by atoms with Crippen molar-refractivity contribution in [1.29, 1.82) is 0 Å². The summed E-state index contributed by atoms with van der Waals surface area (Å²) in [5, 5.41) is 3.33. The molecule has 2 aromatic rings. The number of nitrogens with zero attached hydrogens (tertiary/aromatic N) is 1. The van der Waals surface area contributed by atoms with Gasteiger partial charge < -0.3 is 5.32 Å². The molecule has 0 saturated heterocycles. The lowest BCUT2D eigenvalue weighted by atomic mass is 9.75. The number of benzene rings is 2. The third-order valence-corrected chi connectivity index (χ3v) is 4.33. The van der Waals surface area contributed by atoms with E-state index in [0.29, 0.717) is 0 Å². The monoisotopic (exact) mass is 342 g/mol. The highest BCUT2D eigenvalue weighted by Gasteiger charge is 2.24. The summed E-state index contributed by atoms with van der Waals surface area (Å²) in [6.07, 6.45) is 12.7. The second kappa shape index (κ2) is 8.48. The SMILES string of the molecule is CC1(C)CC(/C=C/Nc2ccccc2)=CC(=C\C=Nc2ccccc2)/C1. The summed E-state index contributed by atoms with van der Waals surface area (Å²) in [5.41, 5.74) is 5.00. The minimum Gasteiger partial charge on any atom is -0.362 e. The Morgan fingerprint density at radius 2 is 1.62 bits per heavy atom. The molecule has 0 unspecified atom stereocenters. The van der Waals surface area contributed by atoms with E-state index >= 15 is 0 Å². The lowest BCUT2D eigenvalue weighted by molar-refractivity contribution is 0.355. The number of para-hydroxylation sites is 2. The van der Waals surface area contributed by atoms with E-state index in [2.05, 4.69) is 54.5 Å². The van der Waals surface area contributed by atoms with Gasteiger partial charge in [0.2, 0.25) is 0 Å². The van der Waals surface area contributed by atoms with Crippen molar-refractivity contribution in [2.24, 2.45) is 10.4 Å². The molecule has 0 radical (unpaired) electrons. The van der Waals surface area contributed by atoms with Crippen molar-refractivity contribution in [1.82, 2.24) is 0 Å². The van der Waals surface area contributed by atoms with Gasteiger partial charge in [-0.25, -0.2) is 0 Å². The van der Waals surface area contributed by atoms with E-state index in [0.717, 1.165) is 24.2 Å². The van der Waals surface area contributed by atoms with E-state index in [1.165, 1.54) is 11.1 Å². The Balaban J connectivity index is 1.70. The highest BCUT2D eigenvalue weighted by molar-refractivity contribution is 5.76. The number of allylic oxidation sites excluding steroid dienone is 5. The first-order valence-electron chi connectivity index (χ1n) is 9.08. The van der Waals surface area contributed by atoms with E-state index in [4.69, 9.17) is 0 Å². The van der Waals surface area contributed by atoms with Crippen LogP contribution in [0.1, 0.15) is 26.7 Å². The van der Waals surface area contributed by atoms with Gasteiger partial charge in [-0.15, -0.1) is 0 Å². The molecule has 0 spiro atoms. The van der Waals surface area contributed by atoms with Crippen LogP contribution in [0.3, 0.4) is 0 Å². The topological polar surface area (TPSA) is 24.4 Å². The fourth-order valence-corrected chi connectivity index (χ4v) is 3.23. The molecular formula is C24H26N2. The van der Waals surface area contributed by atoms with Gasteiger partial charge in [-0.1, -0.05) is 56.3 Å². The summed E-state index contributed by atoms with van der Waals surface area (Å²) in [4.78, 5) is 4.51. The van der Waals surface area contributed by atoms with Gasteiger partial charge in [0.1, 0.15) is 0 Å². The van der Waals surface area contributed by atoms with Crippen LogP contribution in [0.15, 0.2) is 101 Å². The maximum absolute atomic E-state index is 4.51. The second-order valence-corrected chi connectivity index (χ2v) is 7.44. The summed E-state index contributed by atoms with van der Waals surface area (Å²) in [6, 6.07) is 20.3. The molecule has 0 fully saturated rings. The lowest BCUT2D eigenvalue weighted by Crippen LogP contribution is -2.16. The first kappa shape index (κ1) is 17.9. The average molecular weight is 342 g/mol. The number of hydrogen-bond donors (Lipinski definition) is 1. The van der Waals surface area contributed by atoms with Crippen molar-refractivity contribution in [3.8, 4) is 0 Å². The normalized spacial score (nSPS) is 18.4. The molecule has 0 amide bonds. The van der Waals surface area contributed by atoms with Crippen LogP contribution in [-0.2, 0) is 0 Å². The van der Waals surface area contributed by atoms with E-state index in [9.17, 15) is 0 Å². The van der Waals surface area contributed by atoms with Gasteiger partial charge in [0.25, 0.3) is 0 Å². The van der Waals surface area contributed by atoms with Crippen molar-refractivity contribution in [2.45, 2.75) is 26.7 Å². The number of anilines is 1. The number of hydrogen-bond acceptors (Lipinski definition) is 2. The minimum absolute atomic E-state index is 0.258. The van der Waals surface area contributed by atoms with Gasteiger partial charge in [-0.05, 0) is 65.8 Å². The molecule has 0 saturated carbocycles. The molecule has 1 aliphatic carbocycles. The Bertz CT molecular complexity index is 825. The second-order valence-electron chi connectivity index (χ2n) is 7.44. The molecule has 2 aromatic carbocycles. The van der Waals surface area contributed by atoms with Crippen LogP contribution in [0.25, 0.3) is 0 Å². The molecular weight excluding hydrogens is 316 g/mol. The highest BCUT2D eigenvalue weighted by atomic mass is 14.8. The van der Waals surface area contributed by atoms with Crippen LogP contribution in [0.4, 0.5) is 11.4 Å². The van der Waals surface area contributed by atoms with Crippen LogP contribution < -0.4 is 5.32 Å². The zero-order valence-electron chi connectivity index (χ0n) is 15.5. The van der Waals surface area contributed by atoms with Crippen molar-refractivity contribution in [3.05, 3.63) is 96.2 Å². The molecule has 1 N–H and O–H groups in total. The number of rotatable bonds is 5. The Morgan fingerprint density at radius 1 is 0.923 bits per heavy atom. The summed E-state index contributed by atoms with van der Waals surface area (Å²) in [6.45, 7) is 4.64. The first-order valence-corrected chi connectivity index (χ1v) is 9.08. The zero-order valence-corrected chi connectivity index (χ0v) is 15.5. The molecule has 2 nitrogen and oxygen atoms in total. The Kier molecular flexibility index (Phi) is 5.85. The molecule has 0 aliphatic heterocycles. The predicted molar refractivity (Wildman–Crippen MR) is 113 cm³/mol. The molecule has 2 heteroatoms. The van der Waals surface area contributed by atoms with Gasteiger partial charge in [0, 0.05) is 18.1 Å². The van der Waals surface area contributed by atoms with Gasteiger partial charge in [0.05, 0.1) is 5.69 Å². The molecule has 132 valence electrons. The van der Waals surface area contributed by atoms with Gasteiger partial charge in [0.15, 0.2) is 0 Å². The summed E-state index contributed by atoms with van der Waals surface area (Å²) < 4.78 is 0. The van der Waals surface area contributed by atoms with E-state index < -0.39 is 0 Å². The van der Waals surface area contributed by atoms with Crippen molar-refractivity contribution < 1.29 is 0 Å². The summed E-state index contributed by atoms with van der Waals surface area (Å²) >= 11 is 0. The van der Waals surface area contributed by atoms with Crippen molar-refractivity contribution in [3.63, 3.8) is 0 Å². The third kappa shape index (κ3) is 5.59. The molecule has 0 aromatic heterocycles. The van der Waals surface area contributed by atoms with Crippen LogP contribution in [0.5, 0.6) is 0 Å². The van der Waals surface area contributed by atoms with E-state index in [-0.39, 0.29) is 5.41 Å².